The van der Waals surface area contributed by atoms with Crippen LogP contribution in [0.4, 0.5) is 5.69 Å². The Balaban J connectivity index is 1.65. The third-order valence-corrected chi connectivity index (χ3v) is 6.32. The van der Waals surface area contributed by atoms with Crippen molar-refractivity contribution < 1.29 is 9.53 Å². The van der Waals surface area contributed by atoms with Crippen molar-refractivity contribution in [2.24, 2.45) is 0 Å². The van der Waals surface area contributed by atoms with Gasteiger partial charge in [-0.25, -0.2) is 4.68 Å². The largest absolute Gasteiger partial charge is 0.497 e. The number of fused-ring (bicyclic) bond motifs is 1. The minimum Gasteiger partial charge on any atom is -0.497 e. The van der Waals surface area contributed by atoms with Crippen LogP contribution >= 0.6 is 11.8 Å². The van der Waals surface area contributed by atoms with Crippen LogP contribution in [0.2, 0.25) is 0 Å². The zero-order valence-corrected chi connectivity index (χ0v) is 17.6. The zero-order chi connectivity index (χ0) is 20.5. The van der Waals surface area contributed by atoms with Gasteiger partial charge in [0.1, 0.15) is 16.8 Å². The molecule has 1 aliphatic rings. The van der Waals surface area contributed by atoms with Crippen molar-refractivity contribution in [2.75, 3.05) is 17.9 Å². The third-order valence-electron chi connectivity index (χ3n) is 5.11. The van der Waals surface area contributed by atoms with Gasteiger partial charge in [-0.15, -0.1) is 10.2 Å². The van der Waals surface area contributed by atoms with Crippen molar-refractivity contribution in [3.63, 3.8) is 0 Å². The molecule has 0 saturated carbocycles. The number of anilines is 1. The molecule has 0 aliphatic carbocycles. The van der Waals surface area contributed by atoms with Crippen LogP contribution in [0.3, 0.4) is 0 Å². The first-order valence-corrected chi connectivity index (χ1v) is 10.2. The molecule has 150 valence electrons. The summed E-state index contributed by atoms with van der Waals surface area (Å²) in [7, 11) is 1.64. The average Bonchev–Trinajstić information content (AvgIpc) is 3.10. The minimum atomic E-state index is -0.416. The van der Waals surface area contributed by atoms with Crippen molar-refractivity contribution in [3.05, 3.63) is 65.0 Å². The molecule has 29 heavy (non-hydrogen) atoms. The Morgan fingerprint density at radius 1 is 1.10 bits per heavy atom. The number of aromatic nitrogens is 3. The molecular formula is C21H23N5O2S. The number of aryl methyl sites for hydroxylation is 3. The van der Waals surface area contributed by atoms with Crippen molar-refractivity contribution in [1.29, 1.82) is 0 Å². The lowest BCUT2D eigenvalue weighted by Crippen LogP contribution is -2.41. The van der Waals surface area contributed by atoms with Crippen LogP contribution in [0, 0.1) is 20.8 Å². The maximum absolute atomic E-state index is 13.2. The number of hydrogen-bond donors (Lipinski definition) is 2. The van der Waals surface area contributed by atoms with E-state index in [4.69, 9.17) is 4.74 Å². The van der Waals surface area contributed by atoms with Crippen LogP contribution in [0.1, 0.15) is 28.6 Å². The lowest BCUT2D eigenvalue weighted by molar-refractivity contribution is -0.116. The molecule has 0 radical (unpaired) electrons. The molecule has 1 aromatic heterocycles. The Labute approximate surface area is 173 Å². The molecule has 0 saturated heterocycles. The predicted octanol–water partition coefficient (Wildman–Crippen LogP) is 3.61. The van der Waals surface area contributed by atoms with Crippen molar-refractivity contribution in [3.8, 4) is 5.75 Å². The summed E-state index contributed by atoms with van der Waals surface area (Å²) in [5.74, 6) is 1.44. The zero-order valence-electron chi connectivity index (χ0n) is 16.8. The fourth-order valence-corrected chi connectivity index (χ4v) is 4.38. The van der Waals surface area contributed by atoms with Crippen LogP contribution < -0.4 is 15.5 Å². The molecule has 0 fully saturated rings. The smallest absolute Gasteiger partial charge is 0.240 e. The number of ether oxygens (including phenoxy) is 1. The molecule has 8 heteroatoms. The second kappa shape index (κ2) is 7.79. The molecule has 2 aromatic carbocycles. The Morgan fingerprint density at radius 2 is 1.86 bits per heavy atom. The van der Waals surface area contributed by atoms with Crippen LogP contribution in [-0.2, 0) is 4.79 Å². The fourth-order valence-electron chi connectivity index (χ4n) is 3.25. The minimum absolute atomic E-state index is 0.0847. The topological polar surface area (TPSA) is 81.1 Å². The van der Waals surface area contributed by atoms with Gasteiger partial charge < -0.3 is 15.5 Å². The fraction of sp³-hybridized carbons (Fsp3) is 0.286. The highest BCUT2D eigenvalue weighted by Crippen LogP contribution is 2.38. The van der Waals surface area contributed by atoms with Crippen LogP contribution in [-0.4, -0.2) is 33.1 Å². The highest BCUT2D eigenvalue weighted by molar-refractivity contribution is 8.00. The Bertz CT molecular complexity index is 1050. The number of methoxy groups -OCH3 is 1. The molecule has 2 atom stereocenters. The van der Waals surface area contributed by atoms with Gasteiger partial charge in [-0.05, 0) is 61.7 Å². The molecule has 2 heterocycles. The van der Waals surface area contributed by atoms with Gasteiger partial charge in [-0.2, -0.15) is 0 Å². The van der Waals surface area contributed by atoms with E-state index in [2.05, 4.69) is 27.9 Å². The van der Waals surface area contributed by atoms with Crippen molar-refractivity contribution >= 4 is 23.4 Å². The van der Waals surface area contributed by atoms with Crippen molar-refractivity contribution in [2.45, 2.75) is 37.2 Å². The van der Waals surface area contributed by atoms with Gasteiger partial charge in [-0.1, -0.05) is 30.0 Å². The van der Waals surface area contributed by atoms with E-state index >= 15 is 0 Å². The van der Waals surface area contributed by atoms with E-state index in [1.54, 1.807) is 7.11 Å². The van der Waals surface area contributed by atoms with Crippen molar-refractivity contribution in [1.82, 2.24) is 14.9 Å². The second-order valence-corrected chi connectivity index (χ2v) is 8.18. The summed E-state index contributed by atoms with van der Waals surface area (Å²) in [6.45, 7) is 5.97. The van der Waals surface area contributed by atoms with Gasteiger partial charge in [0.15, 0.2) is 0 Å². The first-order chi connectivity index (χ1) is 14.0. The van der Waals surface area contributed by atoms with Gasteiger partial charge in [-0.3, -0.25) is 4.79 Å². The molecule has 0 bridgehead atoms. The first kappa shape index (κ1) is 19.3. The number of hydrogen-bond acceptors (Lipinski definition) is 6. The van der Waals surface area contributed by atoms with E-state index in [9.17, 15) is 4.79 Å². The summed E-state index contributed by atoms with van der Waals surface area (Å²) in [5.41, 5.74) is 7.51. The standard InChI is InChI=1S/C21H23N5O2S/c1-12-5-8-16(11-13(12)2)22-20(27)19-18(15-6-9-17(28-4)10-7-15)25-26-14(3)23-24-21(26)29-19/h5-11,18-19,25H,1-4H3,(H,22,27). The Kier molecular flexibility index (Phi) is 5.19. The lowest BCUT2D eigenvalue weighted by Gasteiger charge is -2.32. The molecule has 4 rings (SSSR count). The maximum atomic E-state index is 13.2. The van der Waals surface area contributed by atoms with E-state index in [1.807, 2.05) is 61.0 Å². The number of rotatable bonds is 4. The number of nitrogens with one attached hydrogen (secondary N) is 2. The van der Waals surface area contributed by atoms with Crippen LogP contribution in [0.25, 0.3) is 0 Å². The predicted molar refractivity (Wildman–Crippen MR) is 114 cm³/mol. The third kappa shape index (κ3) is 3.80. The Hall–Kier alpha value is -3.00. The number of benzene rings is 2. The molecule has 1 aliphatic heterocycles. The lowest BCUT2D eigenvalue weighted by atomic mass is 10.0. The van der Waals surface area contributed by atoms with Gasteiger partial charge in [0, 0.05) is 5.69 Å². The average molecular weight is 410 g/mol. The van der Waals surface area contributed by atoms with E-state index in [1.165, 1.54) is 17.3 Å². The maximum Gasteiger partial charge on any atom is 0.240 e. The normalized spacial score (nSPS) is 17.9. The summed E-state index contributed by atoms with van der Waals surface area (Å²) >= 11 is 1.41. The molecule has 2 N–H and O–H groups in total. The number of carbonyl (C=O) groups is 1. The summed E-state index contributed by atoms with van der Waals surface area (Å²) in [4.78, 5) is 13.2. The van der Waals surface area contributed by atoms with E-state index in [0.717, 1.165) is 28.4 Å². The molecule has 2 unspecified atom stereocenters. The van der Waals surface area contributed by atoms with E-state index < -0.39 is 5.25 Å². The summed E-state index contributed by atoms with van der Waals surface area (Å²) in [6, 6.07) is 13.4. The molecule has 1 amide bonds. The summed E-state index contributed by atoms with van der Waals surface area (Å²) < 4.78 is 7.10. The molecule has 0 spiro atoms. The van der Waals surface area contributed by atoms with Gasteiger partial charge >= 0.3 is 0 Å². The first-order valence-electron chi connectivity index (χ1n) is 9.33. The highest BCUT2D eigenvalue weighted by Gasteiger charge is 2.37. The molecule has 7 nitrogen and oxygen atoms in total. The number of nitrogens with zero attached hydrogens (tertiary/aromatic N) is 3. The van der Waals surface area contributed by atoms with Crippen LogP contribution in [0.5, 0.6) is 5.75 Å². The molecular weight excluding hydrogens is 386 g/mol. The van der Waals surface area contributed by atoms with Gasteiger partial charge in [0.05, 0.1) is 13.2 Å². The van der Waals surface area contributed by atoms with E-state index in [0.29, 0.717) is 5.16 Å². The number of thioether (sulfide) groups is 1. The van der Waals surface area contributed by atoms with Gasteiger partial charge in [0.2, 0.25) is 11.1 Å². The number of carbonyl (C=O) groups excluding carboxylic acids is 1. The summed E-state index contributed by atoms with van der Waals surface area (Å²) in [5, 5.41) is 11.6. The van der Waals surface area contributed by atoms with Crippen LogP contribution in [0.15, 0.2) is 47.6 Å². The number of amides is 1. The molecule has 3 aromatic rings. The second-order valence-electron chi connectivity index (χ2n) is 7.07. The summed E-state index contributed by atoms with van der Waals surface area (Å²) in [6.07, 6.45) is 0. The highest BCUT2D eigenvalue weighted by atomic mass is 32.2. The monoisotopic (exact) mass is 409 g/mol. The quantitative estimate of drug-likeness (QED) is 0.685. The van der Waals surface area contributed by atoms with E-state index in [-0.39, 0.29) is 11.9 Å². The van der Waals surface area contributed by atoms with Gasteiger partial charge in [0.25, 0.3) is 0 Å². The Morgan fingerprint density at radius 3 is 2.55 bits per heavy atom. The SMILES string of the molecule is COc1ccc(C2Nn3c(C)nnc3SC2C(=O)Nc2ccc(C)c(C)c2)cc1.